The Morgan fingerprint density at radius 1 is 1.33 bits per heavy atom. The quantitative estimate of drug-likeness (QED) is 0.548. The van der Waals surface area contributed by atoms with Crippen LogP contribution in [0.25, 0.3) is 0 Å². The molecule has 0 aliphatic heterocycles. The van der Waals surface area contributed by atoms with Gasteiger partial charge in [0, 0.05) is 5.92 Å². The summed E-state index contributed by atoms with van der Waals surface area (Å²) < 4.78 is 0. The Kier molecular flexibility index (Phi) is 1.99. The maximum absolute atomic E-state index is 2.30. The molecule has 0 aromatic carbocycles. The van der Waals surface area contributed by atoms with E-state index < -0.39 is 0 Å². The van der Waals surface area contributed by atoms with Crippen molar-refractivity contribution in [1.29, 1.82) is 0 Å². The van der Waals surface area contributed by atoms with E-state index in [1.54, 1.807) is 0 Å². The Bertz CT molecular complexity index is 287. The molecule has 0 saturated carbocycles. The molecular formula is C12H14. The van der Waals surface area contributed by atoms with Gasteiger partial charge in [-0.05, 0) is 24.0 Å². The lowest BCUT2D eigenvalue weighted by atomic mass is 9.83. The Labute approximate surface area is 74.0 Å². The van der Waals surface area contributed by atoms with Crippen molar-refractivity contribution in [2.24, 2.45) is 5.92 Å². The Morgan fingerprint density at radius 2 is 2.25 bits per heavy atom. The summed E-state index contributed by atoms with van der Waals surface area (Å²) in [6, 6.07) is 0. The maximum Gasteiger partial charge on any atom is 0.00584 e. The molecule has 2 aliphatic rings. The van der Waals surface area contributed by atoms with Crippen LogP contribution in [0.15, 0.2) is 47.6 Å². The molecule has 0 aromatic heterocycles. The SMILES string of the molecule is CCC1=C2C=CC=CC2CC=C1. The summed E-state index contributed by atoms with van der Waals surface area (Å²) in [6.07, 6.45) is 15.7. The van der Waals surface area contributed by atoms with Crippen LogP contribution < -0.4 is 0 Å². The van der Waals surface area contributed by atoms with Crippen molar-refractivity contribution in [3.05, 3.63) is 47.6 Å². The predicted molar refractivity (Wildman–Crippen MR) is 52.8 cm³/mol. The van der Waals surface area contributed by atoms with Gasteiger partial charge in [-0.25, -0.2) is 0 Å². The molecule has 0 amide bonds. The highest BCUT2D eigenvalue weighted by Crippen LogP contribution is 2.31. The molecule has 0 aromatic rings. The second kappa shape index (κ2) is 3.14. The zero-order valence-electron chi connectivity index (χ0n) is 7.46. The smallest absolute Gasteiger partial charge is 0.00584 e. The van der Waals surface area contributed by atoms with Gasteiger partial charge in [0.05, 0.1) is 0 Å². The molecule has 0 bridgehead atoms. The lowest BCUT2D eigenvalue weighted by Gasteiger charge is -2.21. The second-order valence-corrected chi connectivity index (χ2v) is 3.32. The van der Waals surface area contributed by atoms with E-state index in [9.17, 15) is 0 Å². The summed E-state index contributed by atoms with van der Waals surface area (Å²) in [6.45, 7) is 2.22. The number of allylic oxidation sites excluding steroid dienone is 8. The standard InChI is InChI=1S/C12H14/c1-2-10-7-5-8-11-6-3-4-9-12(10)11/h3-7,9,11H,2,8H2,1H3. The van der Waals surface area contributed by atoms with Gasteiger partial charge in [0.25, 0.3) is 0 Å². The Morgan fingerprint density at radius 3 is 3.08 bits per heavy atom. The van der Waals surface area contributed by atoms with Crippen molar-refractivity contribution in [1.82, 2.24) is 0 Å². The first-order chi connectivity index (χ1) is 5.92. The van der Waals surface area contributed by atoms with Crippen molar-refractivity contribution in [3.8, 4) is 0 Å². The van der Waals surface area contributed by atoms with Gasteiger partial charge in [0.2, 0.25) is 0 Å². The van der Waals surface area contributed by atoms with Crippen LogP contribution in [0.2, 0.25) is 0 Å². The van der Waals surface area contributed by atoms with Gasteiger partial charge >= 0.3 is 0 Å². The second-order valence-electron chi connectivity index (χ2n) is 3.32. The number of rotatable bonds is 1. The predicted octanol–water partition coefficient (Wildman–Crippen LogP) is 3.40. The molecule has 1 unspecified atom stereocenters. The fourth-order valence-corrected chi connectivity index (χ4v) is 1.91. The molecule has 62 valence electrons. The van der Waals surface area contributed by atoms with Crippen molar-refractivity contribution in [2.45, 2.75) is 19.8 Å². The lowest BCUT2D eigenvalue weighted by Crippen LogP contribution is -2.06. The highest BCUT2D eigenvalue weighted by atomic mass is 14.2. The Balaban J connectivity index is 2.39. The fourth-order valence-electron chi connectivity index (χ4n) is 1.91. The molecular weight excluding hydrogens is 144 g/mol. The monoisotopic (exact) mass is 158 g/mol. The molecule has 0 heterocycles. The van der Waals surface area contributed by atoms with Crippen molar-refractivity contribution in [2.75, 3.05) is 0 Å². The van der Waals surface area contributed by atoms with E-state index in [1.807, 2.05) is 0 Å². The molecule has 0 heteroatoms. The molecule has 0 nitrogen and oxygen atoms in total. The zero-order valence-corrected chi connectivity index (χ0v) is 7.46. The minimum absolute atomic E-state index is 0.662. The normalized spacial score (nSPS) is 26.2. The highest BCUT2D eigenvalue weighted by Gasteiger charge is 2.15. The lowest BCUT2D eigenvalue weighted by molar-refractivity contribution is 0.760. The summed E-state index contributed by atoms with van der Waals surface area (Å²) in [5, 5.41) is 0. The van der Waals surface area contributed by atoms with Crippen LogP contribution in [0, 0.1) is 5.92 Å². The first kappa shape index (κ1) is 7.60. The average Bonchev–Trinajstić information content (AvgIpc) is 2.17. The fraction of sp³-hybridized carbons (Fsp3) is 0.333. The summed E-state index contributed by atoms with van der Waals surface area (Å²) in [4.78, 5) is 0. The molecule has 0 saturated heterocycles. The van der Waals surface area contributed by atoms with Gasteiger partial charge < -0.3 is 0 Å². The van der Waals surface area contributed by atoms with E-state index in [4.69, 9.17) is 0 Å². The van der Waals surface area contributed by atoms with Gasteiger partial charge in [-0.15, -0.1) is 0 Å². The zero-order chi connectivity index (χ0) is 8.39. The first-order valence-corrected chi connectivity index (χ1v) is 4.66. The molecule has 2 rings (SSSR count). The van der Waals surface area contributed by atoms with E-state index in [-0.39, 0.29) is 0 Å². The summed E-state index contributed by atoms with van der Waals surface area (Å²) in [5.41, 5.74) is 3.04. The van der Waals surface area contributed by atoms with Gasteiger partial charge in [-0.3, -0.25) is 0 Å². The summed E-state index contributed by atoms with van der Waals surface area (Å²) in [5.74, 6) is 0.662. The van der Waals surface area contributed by atoms with Crippen molar-refractivity contribution in [3.63, 3.8) is 0 Å². The molecule has 12 heavy (non-hydrogen) atoms. The van der Waals surface area contributed by atoms with E-state index in [0.29, 0.717) is 5.92 Å². The van der Waals surface area contributed by atoms with Crippen LogP contribution in [0.1, 0.15) is 19.8 Å². The van der Waals surface area contributed by atoms with Gasteiger partial charge in [-0.2, -0.15) is 0 Å². The van der Waals surface area contributed by atoms with Crippen LogP contribution in [-0.4, -0.2) is 0 Å². The molecule has 0 radical (unpaired) electrons. The minimum atomic E-state index is 0.662. The van der Waals surface area contributed by atoms with Gasteiger partial charge in [-0.1, -0.05) is 43.4 Å². The molecule has 0 fully saturated rings. The number of hydrogen-bond donors (Lipinski definition) is 0. The largest absolute Gasteiger partial charge is 0.0833 e. The maximum atomic E-state index is 2.30. The van der Waals surface area contributed by atoms with Crippen LogP contribution in [0.3, 0.4) is 0 Å². The van der Waals surface area contributed by atoms with E-state index >= 15 is 0 Å². The Hall–Kier alpha value is -1.04. The summed E-state index contributed by atoms with van der Waals surface area (Å²) >= 11 is 0. The first-order valence-electron chi connectivity index (χ1n) is 4.66. The third-order valence-corrected chi connectivity index (χ3v) is 2.59. The molecule has 1 atom stereocenters. The summed E-state index contributed by atoms with van der Waals surface area (Å²) in [7, 11) is 0. The topological polar surface area (TPSA) is 0 Å². The van der Waals surface area contributed by atoms with Crippen LogP contribution >= 0.6 is 0 Å². The number of hydrogen-bond acceptors (Lipinski definition) is 0. The van der Waals surface area contributed by atoms with Crippen LogP contribution in [-0.2, 0) is 0 Å². The van der Waals surface area contributed by atoms with Crippen molar-refractivity contribution >= 4 is 0 Å². The third kappa shape index (κ3) is 1.18. The van der Waals surface area contributed by atoms with E-state index in [1.165, 1.54) is 17.6 Å². The molecule has 2 aliphatic carbocycles. The van der Waals surface area contributed by atoms with Gasteiger partial charge in [0.1, 0.15) is 0 Å². The average molecular weight is 158 g/mol. The molecule has 0 N–H and O–H groups in total. The van der Waals surface area contributed by atoms with E-state index in [2.05, 4.69) is 43.4 Å². The van der Waals surface area contributed by atoms with E-state index in [0.717, 1.165) is 6.42 Å². The van der Waals surface area contributed by atoms with Crippen LogP contribution in [0.4, 0.5) is 0 Å². The highest BCUT2D eigenvalue weighted by molar-refractivity contribution is 5.43. The van der Waals surface area contributed by atoms with Gasteiger partial charge in [0.15, 0.2) is 0 Å². The van der Waals surface area contributed by atoms with Crippen LogP contribution in [0.5, 0.6) is 0 Å². The third-order valence-electron chi connectivity index (χ3n) is 2.59. The number of fused-ring (bicyclic) bond motifs is 1. The van der Waals surface area contributed by atoms with Crippen molar-refractivity contribution < 1.29 is 0 Å². The molecule has 0 spiro atoms. The minimum Gasteiger partial charge on any atom is -0.0833 e.